The third-order valence-corrected chi connectivity index (χ3v) is 3.78. The summed E-state index contributed by atoms with van der Waals surface area (Å²) in [5.41, 5.74) is -0.953. The highest BCUT2D eigenvalue weighted by atomic mass is 19.1. The Balaban J connectivity index is 2.02. The predicted octanol–water partition coefficient (Wildman–Crippen LogP) is -0.0183. The standard InChI is InChI=1S/C14H16FN3O5/c1-21-6-8-11(22-2)10(15)13(23-8)18-5-7-3-4-9(19)16-12(7)17-14(18)20/h3-5,8,10-11,13H,6H2,1-2H3,(H,16,17,19,20)/t8-,10+,11?,13-/m1/s1. The van der Waals surface area contributed by atoms with E-state index in [9.17, 15) is 14.0 Å². The zero-order valence-electron chi connectivity index (χ0n) is 12.6. The molecule has 8 nitrogen and oxygen atoms in total. The lowest BCUT2D eigenvalue weighted by molar-refractivity contribution is -0.0623. The first kappa shape index (κ1) is 15.8. The van der Waals surface area contributed by atoms with E-state index in [1.165, 1.54) is 32.5 Å². The summed E-state index contributed by atoms with van der Waals surface area (Å²) in [6.45, 7) is 0.137. The van der Waals surface area contributed by atoms with Crippen LogP contribution >= 0.6 is 0 Å². The SMILES string of the molecule is COC[C@H]1O[C@@H](n2cc3ccc(=O)[nH]c3nc2=O)[C@@H](F)C1OC. The van der Waals surface area contributed by atoms with Gasteiger partial charge in [-0.05, 0) is 6.07 Å². The Hall–Kier alpha value is -2.10. The largest absolute Gasteiger partial charge is 0.382 e. The number of rotatable bonds is 4. The van der Waals surface area contributed by atoms with Crippen molar-refractivity contribution in [2.75, 3.05) is 20.8 Å². The second-order valence-corrected chi connectivity index (χ2v) is 5.22. The Morgan fingerprint density at radius 3 is 2.87 bits per heavy atom. The van der Waals surface area contributed by atoms with E-state index in [1.54, 1.807) is 0 Å². The van der Waals surface area contributed by atoms with Crippen molar-refractivity contribution in [2.45, 2.75) is 24.6 Å². The molecule has 1 unspecified atom stereocenters. The normalized spacial score (nSPS) is 27.6. The lowest BCUT2D eigenvalue weighted by Crippen LogP contribution is -2.35. The van der Waals surface area contributed by atoms with Crippen molar-refractivity contribution in [3.8, 4) is 0 Å². The molecule has 0 spiro atoms. The van der Waals surface area contributed by atoms with E-state index < -0.39 is 30.3 Å². The van der Waals surface area contributed by atoms with Crippen LogP contribution in [0.5, 0.6) is 0 Å². The zero-order chi connectivity index (χ0) is 16.6. The molecular formula is C14H16FN3O5. The van der Waals surface area contributed by atoms with Crippen LogP contribution < -0.4 is 11.2 Å². The van der Waals surface area contributed by atoms with Crippen molar-refractivity contribution in [1.82, 2.24) is 14.5 Å². The van der Waals surface area contributed by atoms with Gasteiger partial charge in [-0.15, -0.1) is 0 Å². The number of alkyl halides is 1. The highest BCUT2D eigenvalue weighted by Gasteiger charge is 2.46. The van der Waals surface area contributed by atoms with Gasteiger partial charge in [0.2, 0.25) is 5.56 Å². The number of nitrogens with one attached hydrogen (secondary N) is 1. The molecule has 1 N–H and O–H groups in total. The maximum Gasteiger partial charge on any atom is 0.351 e. The highest BCUT2D eigenvalue weighted by Crippen LogP contribution is 2.33. The average Bonchev–Trinajstić information content (AvgIpc) is 2.82. The number of ether oxygens (including phenoxy) is 3. The van der Waals surface area contributed by atoms with Crippen LogP contribution in [0.25, 0.3) is 11.0 Å². The van der Waals surface area contributed by atoms with E-state index in [-0.39, 0.29) is 17.8 Å². The molecule has 1 saturated heterocycles. The third kappa shape index (κ3) is 2.78. The zero-order valence-corrected chi connectivity index (χ0v) is 12.6. The van der Waals surface area contributed by atoms with Gasteiger partial charge >= 0.3 is 5.69 Å². The predicted molar refractivity (Wildman–Crippen MR) is 78.1 cm³/mol. The molecule has 4 atom stereocenters. The number of methoxy groups -OCH3 is 2. The molecule has 0 aliphatic carbocycles. The molecule has 1 aliphatic heterocycles. The van der Waals surface area contributed by atoms with Gasteiger partial charge in [0.05, 0.1) is 6.61 Å². The lowest BCUT2D eigenvalue weighted by Gasteiger charge is -2.16. The minimum atomic E-state index is -1.56. The molecule has 1 aliphatic rings. The van der Waals surface area contributed by atoms with E-state index >= 15 is 0 Å². The first-order valence-electron chi connectivity index (χ1n) is 6.98. The fourth-order valence-corrected chi connectivity index (χ4v) is 2.71. The van der Waals surface area contributed by atoms with Gasteiger partial charge in [0, 0.05) is 31.9 Å². The number of hydrogen-bond donors (Lipinski definition) is 1. The second-order valence-electron chi connectivity index (χ2n) is 5.22. The highest BCUT2D eigenvalue weighted by molar-refractivity contribution is 5.72. The number of fused-ring (bicyclic) bond motifs is 1. The minimum absolute atomic E-state index is 0.137. The molecule has 23 heavy (non-hydrogen) atoms. The summed E-state index contributed by atoms with van der Waals surface area (Å²) in [7, 11) is 2.84. The van der Waals surface area contributed by atoms with Gasteiger partial charge in [0.25, 0.3) is 0 Å². The minimum Gasteiger partial charge on any atom is -0.382 e. The molecule has 0 amide bonds. The quantitative estimate of drug-likeness (QED) is 0.849. The summed E-state index contributed by atoms with van der Waals surface area (Å²) in [4.78, 5) is 29.6. The summed E-state index contributed by atoms with van der Waals surface area (Å²) in [6, 6.07) is 2.80. The van der Waals surface area contributed by atoms with Crippen molar-refractivity contribution in [1.29, 1.82) is 0 Å². The molecule has 0 saturated carbocycles. The number of hydrogen-bond acceptors (Lipinski definition) is 6. The number of aromatic amines is 1. The molecule has 0 bridgehead atoms. The lowest BCUT2D eigenvalue weighted by atomic mass is 10.1. The van der Waals surface area contributed by atoms with Crippen LogP contribution in [0.15, 0.2) is 27.9 Å². The molecule has 9 heteroatoms. The molecule has 0 aromatic carbocycles. The maximum atomic E-state index is 14.6. The number of halogens is 1. The van der Waals surface area contributed by atoms with Crippen molar-refractivity contribution in [3.05, 3.63) is 39.2 Å². The van der Waals surface area contributed by atoms with E-state index in [0.717, 1.165) is 4.57 Å². The first-order valence-corrected chi connectivity index (χ1v) is 6.98. The van der Waals surface area contributed by atoms with Gasteiger partial charge in [-0.25, -0.2) is 9.18 Å². The Morgan fingerprint density at radius 1 is 1.39 bits per heavy atom. The number of pyridine rings is 1. The van der Waals surface area contributed by atoms with Gasteiger partial charge in [-0.2, -0.15) is 4.98 Å². The molecule has 2 aromatic rings. The first-order chi connectivity index (χ1) is 11.0. The topological polar surface area (TPSA) is 95.4 Å². The smallest absolute Gasteiger partial charge is 0.351 e. The Kier molecular flexibility index (Phi) is 4.24. The Bertz CT molecular complexity index is 820. The van der Waals surface area contributed by atoms with E-state index in [0.29, 0.717) is 5.39 Å². The van der Waals surface area contributed by atoms with Gasteiger partial charge in [0.15, 0.2) is 12.4 Å². The number of nitrogens with zero attached hydrogens (tertiary/aromatic N) is 2. The van der Waals surface area contributed by atoms with Crippen LogP contribution in [-0.2, 0) is 14.2 Å². The summed E-state index contributed by atoms with van der Waals surface area (Å²) < 4.78 is 31.4. The van der Waals surface area contributed by atoms with Crippen molar-refractivity contribution >= 4 is 11.0 Å². The van der Waals surface area contributed by atoms with Crippen molar-refractivity contribution in [2.24, 2.45) is 0 Å². The Labute approximate surface area is 129 Å². The van der Waals surface area contributed by atoms with Crippen LogP contribution in [0.2, 0.25) is 0 Å². The Morgan fingerprint density at radius 2 is 2.17 bits per heavy atom. The van der Waals surface area contributed by atoms with Crippen LogP contribution in [0.4, 0.5) is 4.39 Å². The van der Waals surface area contributed by atoms with Crippen molar-refractivity contribution in [3.63, 3.8) is 0 Å². The van der Waals surface area contributed by atoms with E-state index in [2.05, 4.69) is 9.97 Å². The molecule has 3 heterocycles. The van der Waals surface area contributed by atoms with Crippen molar-refractivity contribution < 1.29 is 18.6 Å². The number of aromatic nitrogens is 3. The fourth-order valence-electron chi connectivity index (χ4n) is 2.71. The molecule has 0 radical (unpaired) electrons. The van der Waals surface area contributed by atoms with E-state index in [4.69, 9.17) is 14.2 Å². The summed E-state index contributed by atoms with van der Waals surface area (Å²) in [5.74, 6) is 0. The molecular weight excluding hydrogens is 309 g/mol. The molecule has 1 fully saturated rings. The maximum absolute atomic E-state index is 14.6. The summed E-state index contributed by atoms with van der Waals surface area (Å²) in [5, 5.41) is 0.490. The average molecular weight is 325 g/mol. The van der Waals surface area contributed by atoms with Crippen LogP contribution in [0, 0.1) is 0 Å². The molecule has 2 aromatic heterocycles. The van der Waals surface area contributed by atoms with Gasteiger partial charge in [0.1, 0.15) is 17.9 Å². The van der Waals surface area contributed by atoms with Gasteiger partial charge < -0.3 is 19.2 Å². The fraction of sp³-hybridized carbons (Fsp3) is 0.500. The third-order valence-electron chi connectivity index (χ3n) is 3.78. The van der Waals surface area contributed by atoms with Gasteiger partial charge in [-0.1, -0.05) is 0 Å². The van der Waals surface area contributed by atoms with Gasteiger partial charge in [-0.3, -0.25) is 9.36 Å². The number of H-pyrrole nitrogens is 1. The second kappa shape index (κ2) is 6.19. The summed E-state index contributed by atoms with van der Waals surface area (Å²) in [6.07, 6.45) is -2.81. The van der Waals surface area contributed by atoms with Crippen LogP contribution in [0.3, 0.4) is 0 Å². The molecule has 124 valence electrons. The summed E-state index contributed by atoms with van der Waals surface area (Å²) >= 11 is 0. The molecule has 3 rings (SSSR count). The van der Waals surface area contributed by atoms with Crippen LogP contribution in [0.1, 0.15) is 6.23 Å². The monoisotopic (exact) mass is 325 g/mol. The van der Waals surface area contributed by atoms with Crippen LogP contribution in [-0.4, -0.2) is 53.7 Å². The van der Waals surface area contributed by atoms with E-state index in [1.807, 2.05) is 0 Å².